The molecule has 2 aromatic heterocycles. The fraction of sp³-hybridized carbons (Fsp3) is 0.222. The number of hydrogen-bond donors (Lipinski definition) is 5. The first-order chi connectivity index (χ1) is 16.1. The van der Waals surface area contributed by atoms with Gasteiger partial charge < -0.3 is 30.1 Å². The van der Waals surface area contributed by atoms with Crippen molar-refractivity contribution in [2.45, 2.75) is 24.2 Å². The normalized spacial score (nSPS) is 24.9. The molecular weight excluding hydrogens is 471 g/mol. The van der Waals surface area contributed by atoms with Crippen LogP contribution in [-0.4, -0.2) is 63.4 Å². The van der Waals surface area contributed by atoms with Gasteiger partial charge in [0.15, 0.2) is 28.9 Å². The number of azide groups is 1. The second kappa shape index (κ2) is 8.93. The summed E-state index contributed by atoms with van der Waals surface area (Å²) < 4.78 is 18.0. The van der Waals surface area contributed by atoms with Gasteiger partial charge in [0.05, 0.1) is 6.33 Å². The Balaban J connectivity index is 1.70. The second-order valence-corrected chi connectivity index (χ2v) is 8.63. The van der Waals surface area contributed by atoms with E-state index in [0.29, 0.717) is 17.5 Å². The number of rotatable bonds is 6. The predicted molar refractivity (Wildman–Crippen MR) is 115 cm³/mol. The third kappa shape index (κ3) is 4.40. The van der Waals surface area contributed by atoms with Crippen molar-refractivity contribution in [3.63, 3.8) is 0 Å². The molecule has 5 N–H and O–H groups in total. The van der Waals surface area contributed by atoms with E-state index in [4.69, 9.17) is 20.1 Å². The number of amides is 1. The van der Waals surface area contributed by atoms with Crippen molar-refractivity contribution < 1.29 is 34.1 Å². The maximum absolute atomic E-state index is 12.5. The molecule has 3 heterocycles. The summed E-state index contributed by atoms with van der Waals surface area (Å²) in [6.45, 7) is 0. The third-order valence-electron chi connectivity index (χ3n) is 4.96. The maximum atomic E-state index is 12.5. The summed E-state index contributed by atoms with van der Waals surface area (Å²) in [4.78, 5) is 45.5. The van der Waals surface area contributed by atoms with Gasteiger partial charge in [-0.3, -0.25) is 13.9 Å². The molecule has 176 valence electrons. The number of hydrogen-bond acceptors (Lipinski definition) is 9. The topological polar surface area (TPSA) is 229 Å². The number of nitrogens with one attached hydrogen (secondary N) is 1. The zero-order valence-corrected chi connectivity index (χ0v) is 17.9. The number of aromatic nitrogens is 4. The lowest BCUT2D eigenvalue weighted by molar-refractivity contribution is -0.0695. The van der Waals surface area contributed by atoms with Crippen molar-refractivity contribution >= 4 is 30.5 Å². The molecule has 1 aromatic carbocycles. The molecule has 1 saturated heterocycles. The number of carbonyl (C=O) groups excluding carboxylic acids is 1. The Morgan fingerprint density at radius 1 is 1.26 bits per heavy atom. The van der Waals surface area contributed by atoms with Gasteiger partial charge in [0.1, 0.15) is 18.5 Å². The van der Waals surface area contributed by atoms with E-state index in [1.54, 1.807) is 30.3 Å². The SMILES string of the molecule is [N-]=[N+]=N[C@]1(C=CP(=O)(O)O)O[C@@H](n2cnc3c(NC(=O)c4ccccc4)ncnc32)[C@H](O)[C@@H]1O. The lowest BCUT2D eigenvalue weighted by Crippen LogP contribution is -2.39. The van der Waals surface area contributed by atoms with Gasteiger partial charge in [0, 0.05) is 16.3 Å². The number of fused-ring (bicyclic) bond motifs is 1. The van der Waals surface area contributed by atoms with Crippen LogP contribution in [0, 0.1) is 0 Å². The Kier molecular flexibility index (Phi) is 6.17. The molecule has 1 fully saturated rings. The van der Waals surface area contributed by atoms with Crippen LogP contribution in [0.5, 0.6) is 0 Å². The van der Waals surface area contributed by atoms with E-state index in [-0.39, 0.29) is 17.0 Å². The van der Waals surface area contributed by atoms with Gasteiger partial charge in [-0.1, -0.05) is 23.3 Å². The zero-order chi connectivity index (χ0) is 24.5. The lowest BCUT2D eigenvalue weighted by Gasteiger charge is -2.22. The van der Waals surface area contributed by atoms with E-state index in [1.807, 2.05) is 0 Å². The lowest BCUT2D eigenvalue weighted by atomic mass is 10.1. The summed E-state index contributed by atoms with van der Waals surface area (Å²) in [5.41, 5.74) is 7.17. The summed E-state index contributed by atoms with van der Waals surface area (Å²) >= 11 is 0. The third-order valence-corrected chi connectivity index (χ3v) is 5.50. The van der Waals surface area contributed by atoms with Gasteiger partial charge in [-0.05, 0) is 23.7 Å². The standard InChI is InChI=1S/C18H17N8O7P/c19-25-24-18(6-7-34(30,31)32)13(28)12(27)17(33-18)26-9-22-11-14(20-8-21-15(11)26)23-16(29)10-4-2-1-3-5-10/h1-9,12-13,17,27-28H,(H2,30,31,32)(H,20,21,23,29)/t12-,13+,17-,18-/m1/s1. The highest BCUT2D eigenvalue weighted by atomic mass is 31.2. The maximum Gasteiger partial charge on any atom is 0.348 e. The van der Waals surface area contributed by atoms with Crippen LogP contribution in [0.1, 0.15) is 16.6 Å². The van der Waals surface area contributed by atoms with Crippen LogP contribution < -0.4 is 5.32 Å². The number of aliphatic hydroxyl groups excluding tert-OH is 2. The van der Waals surface area contributed by atoms with Crippen LogP contribution in [0.2, 0.25) is 0 Å². The highest BCUT2D eigenvalue weighted by Gasteiger charge is 2.54. The molecule has 16 heteroatoms. The molecule has 0 aliphatic carbocycles. The Hall–Kier alpha value is -3.68. The number of ether oxygens (including phenoxy) is 1. The van der Waals surface area contributed by atoms with Gasteiger partial charge >= 0.3 is 7.60 Å². The van der Waals surface area contributed by atoms with Gasteiger partial charge in [0.25, 0.3) is 5.91 Å². The summed E-state index contributed by atoms with van der Waals surface area (Å²) in [6.07, 6.45) is -2.04. The number of benzene rings is 1. The fourth-order valence-corrected chi connectivity index (χ4v) is 3.79. The van der Waals surface area contributed by atoms with Gasteiger partial charge in [0.2, 0.25) is 0 Å². The van der Waals surface area contributed by atoms with Crippen molar-refractivity contribution in [3.05, 3.63) is 70.9 Å². The van der Waals surface area contributed by atoms with Crippen LogP contribution in [0.4, 0.5) is 5.82 Å². The number of aliphatic hydroxyl groups is 2. The molecule has 0 spiro atoms. The van der Waals surface area contributed by atoms with Crippen molar-refractivity contribution in [2.75, 3.05) is 5.32 Å². The molecule has 1 aliphatic heterocycles. The minimum Gasteiger partial charge on any atom is -0.387 e. The van der Waals surface area contributed by atoms with E-state index in [2.05, 4.69) is 30.3 Å². The molecule has 34 heavy (non-hydrogen) atoms. The molecule has 0 bridgehead atoms. The highest BCUT2D eigenvalue weighted by Crippen LogP contribution is 2.44. The smallest absolute Gasteiger partial charge is 0.348 e. The number of nitrogens with zero attached hydrogens (tertiary/aromatic N) is 7. The molecule has 0 radical (unpaired) electrons. The van der Waals surface area contributed by atoms with Crippen molar-refractivity contribution in [3.8, 4) is 0 Å². The average molecular weight is 488 g/mol. The summed E-state index contributed by atoms with van der Waals surface area (Å²) in [5, 5.41) is 27.0. The van der Waals surface area contributed by atoms with Gasteiger partial charge in [-0.15, -0.1) is 0 Å². The van der Waals surface area contributed by atoms with E-state index in [9.17, 15) is 19.6 Å². The van der Waals surface area contributed by atoms with Gasteiger partial charge in [-0.2, -0.15) is 0 Å². The second-order valence-electron chi connectivity index (χ2n) is 7.16. The summed E-state index contributed by atoms with van der Waals surface area (Å²) in [5.74, 6) is 0.00630. The molecule has 1 aliphatic rings. The van der Waals surface area contributed by atoms with E-state index >= 15 is 0 Å². The Bertz CT molecular complexity index is 1350. The minimum atomic E-state index is -4.71. The van der Waals surface area contributed by atoms with E-state index in [0.717, 1.165) is 6.33 Å². The van der Waals surface area contributed by atoms with Crippen LogP contribution in [0.25, 0.3) is 21.6 Å². The summed E-state index contributed by atoms with van der Waals surface area (Å²) in [7, 11) is -4.71. The first kappa shape index (κ1) is 23.5. The molecule has 15 nitrogen and oxygen atoms in total. The van der Waals surface area contributed by atoms with Crippen molar-refractivity contribution in [2.24, 2.45) is 5.11 Å². The highest BCUT2D eigenvalue weighted by molar-refractivity contribution is 7.55. The monoisotopic (exact) mass is 488 g/mol. The molecular formula is C18H17N8O7P. The molecule has 4 atom stereocenters. The molecule has 0 unspecified atom stereocenters. The fourth-order valence-electron chi connectivity index (χ4n) is 3.38. The number of imidazole rings is 1. The van der Waals surface area contributed by atoms with E-state index < -0.39 is 37.7 Å². The first-order valence-corrected chi connectivity index (χ1v) is 11.2. The predicted octanol–water partition coefficient (Wildman–Crippen LogP) is 1.03. The molecule has 4 rings (SSSR count). The van der Waals surface area contributed by atoms with Crippen molar-refractivity contribution in [1.82, 2.24) is 19.5 Å². The Morgan fingerprint density at radius 3 is 2.68 bits per heavy atom. The van der Waals surface area contributed by atoms with Crippen LogP contribution in [0.3, 0.4) is 0 Å². The Morgan fingerprint density at radius 2 is 2.00 bits per heavy atom. The quantitative estimate of drug-likeness (QED) is 0.143. The van der Waals surface area contributed by atoms with E-state index in [1.165, 1.54) is 10.9 Å². The van der Waals surface area contributed by atoms with Crippen LogP contribution in [0.15, 0.2) is 60.0 Å². The first-order valence-electron chi connectivity index (χ1n) is 9.55. The average Bonchev–Trinajstić information content (AvgIpc) is 3.34. The largest absolute Gasteiger partial charge is 0.387 e. The Labute approximate surface area is 190 Å². The molecule has 1 amide bonds. The van der Waals surface area contributed by atoms with Crippen molar-refractivity contribution in [1.29, 1.82) is 0 Å². The van der Waals surface area contributed by atoms with Crippen LogP contribution >= 0.6 is 7.60 Å². The van der Waals surface area contributed by atoms with Crippen LogP contribution in [-0.2, 0) is 9.30 Å². The molecule has 3 aromatic rings. The number of anilines is 1. The zero-order valence-electron chi connectivity index (χ0n) is 17.0. The summed E-state index contributed by atoms with van der Waals surface area (Å²) in [6, 6.07) is 8.36. The van der Waals surface area contributed by atoms with Gasteiger partial charge in [-0.25, -0.2) is 15.0 Å². The number of carbonyl (C=O) groups is 1. The molecule has 0 saturated carbocycles. The minimum absolute atomic E-state index is 0.0633.